The first-order valence-corrected chi connectivity index (χ1v) is 50.2. The second-order valence-corrected chi connectivity index (χ2v) is 46.1. The number of fused-ring (bicyclic) bond motifs is 2. The fourth-order valence-electron chi connectivity index (χ4n) is 18.6. The van der Waals surface area contributed by atoms with Gasteiger partial charge >= 0.3 is 15.6 Å². The molecule has 14 rings (SSSR count). The van der Waals surface area contributed by atoms with Crippen LogP contribution in [0.4, 0.5) is 19.0 Å². The first kappa shape index (κ1) is 97.7. The topological polar surface area (TPSA) is 244 Å². The Morgan fingerprint density at radius 2 is 0.920 bits per heavy atom. The van der Waals surface area contributed by atoms with Crippen LogP contribution in [0.3, 0.4) is 0 Å². The van der Waals surface area contributed by atoms with Crippen molar-refractivity contribution in [1.82, 2.24) is 35.2 Å². The summed E-state index contributed by atoms with van der Waals surface area (Å²) < 4.78 is 118. The molecule has 4 fully saturated rings. The molecule has 1 N–H and O–H groups in total. The number of hydrogen-bond acceptors (Lipinski definition) is 21. The van der Waals surface area contributed by atoms with Crippen molar-refractivity contribution in [3.8, 4) is 40.4 Å². The minimum Gasteiger partial charge on any atom is -0.490 e. The maximum Gasteiger partial charge on any atom is 0.534 e. The maximum atomic E-state index is 14.1. The second-order valence-electron chi connectivity index (χ2n) is 36.1. The van der Waals surface area contributed by atoms with Gasteiger partial charge in [-0.15, -0.1) is 12.4 Å². The lowest BCUT2D eigenvalue weighted by molar-refractivity contribution is -0.234. The van der Waals surface area contributed by atoms with E-state index in [4.69, 9.17) is 47.2 Å². The summed E-state index contributed by atoms with van der Waals surface area (Å²) in [5, 5.41) is 8.03. The maximum absolute atomic E-state index is 14.1. The number of hydrogen-bond donors (Lipinski definition) is 1. The number of carbonyl (C=O) groups excluding carboxylic acids is 2. The van der Waals surface area contributed by atoms with E-state index in [0.29, 0.717) is 99.3 Å². The SMILES string of the molecule is CCC(CC)(COc1ccnc(-c2nc3c(c(N(C)CC(=O)C[C@@H]4CCC[C@@H]4O[Si](c4ccccc4)(c4ccccc4)C(C)(C)C)n2)CCC3)c1)OC1CCCCO1.CCC(CC)(COc1ccnc(-c2nc3c(c(OS(=O)(=O)C(F)(F)F)n2)CCC3)c1)OC1CCCCO1.CNCC(=O)C[C@@H]1CCC[C@@H]1O[Si](c1ccccc1)(c1ccccc1)C(C)(C)C.Cl. The summed E-state index contributed by atoms with van der Waals surface area (Å²) in [6, 6.07) is 50.2. The number of aromatic nitrogens is 6. The van der Waals surface area contributed by atoms with Crippen molar-refractivity contribution in [1.29, 1.82) is 0 Å². The van der Waals surface area contributed by atoms with E-state index >= 15 is 0 Å². The lowest BCUT2D eigenvalue weighted by Gasteiger charge is -2.45. The Labute approximate surface area is 746 Å². The van der Waals surface area contributed by atoms with Crippen molar-refractivity contribution in [3.05, 3.63) is 181 Å². The Balaban J connectivity index is 0.000000195. The average Bonchev–Trinajstić information content (AvgIpc) is 1.46. The number of aryl methyl sites for hydroxylation is 2. The van der Waals surface area contributed by atoms with Gasteiger partial charge in [-0.25, -0.2) is 15.0 Å². The zero-order valence-electron chi connectivity index (χ0n) is 75.1. The zero-order valence-corrected chi connectivity index (χ0v) is 78.7. The monoisotopic (exact) mass is 1790 g/mol. The van der Waals surface area contributed by atoms with Gasteiger partial charge in [-0.1, -0.05) is 203 Å². The molecule has 6 aliphatic rings. The number of nitrogens with zero attached hydrogens (tertiary/aromatic N) is 7. The van der Waals surface area contributed by atoms with Crippen molar-refractivity contribution in [2.75, 3.05) is 58.5 Å². The highest BCUT2D eigenvalue weighted by Crippen LogP contribution is 2.45. The molecule has 6 heterocycles. The molecule has 0 spiro atoms. The molecule has 4 aromatic carbocycles. The average molecular weight is 1800 g/mol. The fraction of sp³-hybridized carbons (Fsp3) is 0.546. The molecule has 21 nitrogen and oxygen atoms in total. The third-order valence-electron chi connectivity index (χ3n) is 25.6. The first-order valence-electron chi connectivity index (χ1n) is 45.0. The van der Waals surface area contributed by atoms with E-state index in [1.165, 1.54) is 26.9 Å². The number of ether oxygens (including phenoxy) is 6. The second kappa shape index (κ2) is 43.9. The third kappa shape index (κ3) is 24.0. The standard InChI is InChI=1S/C48H64N4O5Si.C25H35NO2Si.C24H30F3N3O6S.ClH/c1-7-48(8-2,56-44-27-15-16-30-54-44)34-55-37-28-29-49-42(32-37)45-50-41-25-18-24-40(41)46(51-45)52(6)33-36(53)31-35-19-17-26-43(35)57-58(47(3,4)5,38-20-11-9-12-21-38)39-22-13-10-14-23-39;1-25(2,3)29(22-13-7-5-8-14-22,23-15-9-6-10-16-23)28-24-17-11-12-20(24)18-21(27)19-26-4;1-3-23(4-2,35-20-10-5-6-13-33-20)15-34-16-11-12-28-19(14-16)21-29-18-9-7-8-17(18)22(30-21)36-37(31,32)24(25,26)27;/h9-14,20-23,28-29,32,35,43-44H,7-8,15-19,24-27,30-31,33-34H2,1-6H3;5-10,13-16,20,24,26H,11-12,17-19H2,1-4H3;11-12,14,20H,3-10,13,15H2,1-2H3;1H/t35-,43-,44?;20-,24-;;/m00../s1. The van der Waals surface area contributed by atoms with Crippen molar-refractivity contribution in [2.24, 2.45) is 11.8 Å². The van der Waals surface area contributed by atoms with Crippen molar-refractivity contribution in [3.63, 3.8) is 0 Å². The van der Waals surface area contributed by atoms with E-state index in [2.05, 4.69) is 206 Å². The Bertz CT molecular complexity index is 4810. The number of anilines is 1. The van der Waals surface area contributed by atoms with Crippen molar-refractivity contribution in [2.45, 2.75) is 275 Å². The van der Waals surface area contributed by atoms with E-state index in [0.717, 1.165) is 133 Å². The van der Waals surface area contributed by atoms with Crippen molar-refractivity contribution < 1.29 is 72.6 Å². The summed E-state index contributed by atoms with van der Waals surface area (Å²) in [7, 11) is -7.35. The van der Waals surface area contributed by atoms with Gasteiger partial charge in [-0.2, -0.15) is 26.6 Å². The fourth-order valence-corrected chi connectivity index (χ4v) is 28.6. The Hall–Kier alpha value is -7.94. The minimum atomic E-state index is -5.88. The number of ketones is 2. The van der Waals surface area contributed by atoms with Crippen LogP contribution in [0.1, 0.15) is 220 Å². The number of pyridine rings is 2. The van der Waals surface area contributed by atoms with Crippen LogP contribution in [0, 0.1) is 11.8 Å². The van der Waals surface area contributed by atoms with Gasteiger partial charge in [-0.3, -0.25) is 19.6 Å². The molecule has 4 aromatic heterocycles. The van der Waals surface area contributed by atoms with Crippen LogP contribution in [0.25, 0.3) is 23.0 Å². The molecule has 6 atom stereocenters. The van der Waals surface area contributed by atoms with E-state index in [9.17, 15) is 31.2 Å². The van der Waals surface area contributed by atoms with Gasteiger partial charge in [0.2, 0.25) is 5.88 Å². The number of nitrogens with one attached hydrogen (secondary N) is 1. The summed E-state index contributed by atoms with van der Waals surface area (Å²) >= 11 is 0. The number of Topliss-reactive ketones (excluding diaryl/α,β-unsaturated/α-hetero) is 2. The van der Waals surface area contributed by atoms with E-state index in [-0.39, 0.29) is 95.0 Å². The quantitative estimate of drug-likeness (QED) is 0.0220. The van der Waals surface area contributed by atoms with E-state index in [1.54, 1.807) is 18.3 Å². The largest absolute Gasteiger partial charge is 0.534 e. The molecular weight excluding hydrogens is 1670 g/mol. The number of benzene rings is 4. The van der Waals surface area contributed by atoms with E-state index < -0.39 is 49.3 Å². The summed E-state index contributed by atoms with van der Waals surface area (Å²) in [6.07, 6.45) is 23.5. The van der Waals surface area contributed by atoms with Crippen LogP contribution in [-0.2, 0) is 73.2 Å². The molecule has 678 valence electrons. The predicted molar refractivity (Wildman–Crippen MR) is 491 cm³/mol. The number of alkyl halides is 3. The molecule has 4 aliphatic carbocycles. The van der Waals surface area contributed by atoms with Gasteiger partial charge in [0, 0.05) is 86.7 Å². The molecule has 0 radical (unpaired) electrons. The molecular formula is C97H130ClF3N8O13SSi2. The van der Waals surface area contributed by atoms with Crippen LogP contribution >= 0.6 is 12.4 Å². The number of rotatable bonds is 35. The Morgan fingerprint density at radius 3 is 1.31 bits per heavy atom. The molecule has 0 bridgehead atoms. The Kier molecular flexibility index (Phi) is 34.3. The number of likely N-dealkylation sites (N-methyl/N-ethyl adjacent to an activating group) is 2. The van der Waals surface area contributed by atoms with Crippen LogP contribution in [0.2, 0.25) is 10.1 Å². The van der Waals surface area contributed by atoms with Crippen LogP contribution in [0.15, 0.2) is 158 Å². The van der Waals surface area contributed by atoms with Gasteiger partial charge in [0.1, 0.15) is 58.9 Å². The van der Waals surface area contributed by atoms with Gasteiger partial charge in [0.25, 0.3) is 16.6 Å². The number of carbonyl (C=O) groups is 2. The molecule has 8 aromatic rings. The van der Waals surface area contributed by atoms with E-state index in [1.807, 2.05) is 45.0 Å². The highest BCUT2D eigenvalue weighted by atomic mass is 35.5. The van der Waals surface area contributed by atoms with Gasteiger partial charge in [0.15, 0.2) is 30.0 Å². The molecule has 125 heavy (non-hydrogen) atoms. The predicted octanol–water partition coefficient (Wildman–Crippen LogP) is 17.7. The lowest BCUT2D eigenvalue weighted by Crippen LogP contribution is -2.68. The molecule has 2 unspecified atom stereocenters. The van der Waals surface area contributed by atoms with Gasteiger partial charge in [-0.05, 0) is 190 Å². The lowest BCUT2D eigenvalue weighted by atomic mass is 9.98. The van der Waals surface area contributed by atoms with Crippen LogP contribution in [0.5, 0.6) is 17.4 Å². The summed E-state index contributed by atoms with van der Waals surface area (Å²) in [4.78, 5) is 55.9. The van der Waals surface area contributed by atoms with Gasteiger partial charge in [0.05, 0.1) is 18.8 Å². The summed E-state index contributed by atoms with van der Waals surface area (Å²) in [5.41, 5.74) is -2.87. The molecule has 0 amide bonds. The zero-order chi connectivity index (χ0) is 88.3. The molecule has 28 heteroatoms. The normalized spacial score (nSPS) is 19.3. The van der Waals surface area contributed by atoms with Crippen LogP contribution in [-0.4, -0.2) is 162 Å². The van der Waals surface area contributed by atoms with Crippen molar-refractivity contribution >= 4 is 77.3 Å². The van der Waals surface area contributed by atoms with Gasteiger partial charge < -0.3 is 51.7 Å². The highest BCUT2D eigenvalue weighted by Gasteiger charge is 2.55. The minimum absolute atomic E-state index is 0. The molecule has 2 saturated carbocycles. The molecule has 2 aliphatic heterocycles. The Morgan fingerprint density at radius 1 is 0.512 bits per heavy atom. The highest BCUT2D eigenvalue weighted by molar-refractivity contribution is 7.88. The first-order chi connectivity index (χ1) is 59.5. The smallest absolute Gasteiger partial charge is 0.490 e. The van der Waals surface area contributed by atoms with Crippen LogP contribution < -0.4 is 44.6 Å². The molecule has 2 saturated heterocycles. The summed E-state index contributed by atoms with van der Waals surface area (Å²) in [6.45, 7) is 25.0. The third-order valence-corrected chi connectivity index (χ3v) is 36.7. The number of halogens is 4. The summed E-state index contributed by atoms with van der Waals surface area (Å²) in [5.74, 6) is 2.81.